The van der Waals surface area contributed by atoms with Crippen molar-refractivity contribution in [1.29, 1.82) is 5.41 Å². The molecular formula is C37H23N3OS. The summed E-state index contributed by atoms with van der Waals surface area (Å²) in [5.74, 6) is 0. The van der Waals surface area contributed by atoms with E-state index < -0.39 is 0 Å². The van der Waals surface area contributed by atoms with Crippen LogP contribution in [-0.4, -0.2) is 10.3 Å². The molecule has 1 aliphatic heterocycles. The summed E-state index contributed by atoms with van der Waals surface area (Å²) in [6.45, 7) is 0. The second-order valence-corrected chi connectivity index (χ2v) is 11.7. The quantitative estimate of drug-likeness (QED) is 0.222. The standard InChI is InChI=1S/C37H23N3OS/c38-30-13-4-1-11-26(30)31-17-16-23(21-39-31)22-8-7-9-24(18-22)40-32-19-28-25-10-2-5-14-33(25)41-34(28)20-29(32)36-27-12-3-6-15-35(27)42-37(36)40/h1-21,38-39H/b31-26-,38-30?. The molecule has 0 saturated carbocycles. The molecule has 0 radical (unpaired) electrons. The summed E-state index contributed by atoms with van der Waals surface area (Å²) in [5.41, 5.74) is 8.66. The van der Waals surface area contributed by atoms with E-state index in [9.17, 15) is 0 Å². The minimum atomic E-state index is 0.509. The van der Waals surface area contributed by atoms with Gasteiger partial charge >= 0.3 is 0 Å². The molecule has 42 heavy (non-hydrogen) atoms. The molecule has 7 aromatic rings. The van der Waals surface area contributed by atoms with E-state index in [1.54, 1.807) is 0 Å². The average molecular weight is 558 g/mol. The van der Waals surface area contributed by atoms with E-state index in [1.807, 2.05) is 54.0 Å². The fourth-order valence-electron chi connectivity index (χ4n) is 6.28. The van der Waals surface area contributed by atoms with Crippen molar-refractivity contribution in [3.05, 3.63) is 144 Å². The molecule has 0 saturated heterocycles. The molecule has 0 unspecified atom stereocenters. The van der Waals surface area contributed by atoms with Crippen LogP contribution in [0.15, 0.2) is 143 Å². The molecule has 9 rings (SSSR count). The van der Waals surface area contributed by atoms with Gasteiger partial charge in [0.1, 0.15) is 16.0 Å². The lowest BCUT2D eigenvalue weighted by molar-refractivity contribution is 0.669. The van der Waals surface area contributed by atoms with Crippen molar-refractivity contribution < 1.29 is 4.42 Å². The number of thiophene rings is 1. The van der Waals surface area contributed by atoms with E-state index in [0.717, 1.165) is 50.0 Å². The first-order chi connectivity index (χ1) is 20.7. The summed E-state index contributed by atoms with van der Waals surface area (Å²) in [4.78, 5) is 1.23. The second kappa shape index (κ2) is 8.80. The van der Waals surface area contributed by atoms with Crippen molar-refractivity contribution in [2.45, 2.75) is 0 Å². The van der Waals surface area contributed by atoms with Crippen LogP contribution in [0, 0.1) is 5.41 Å². The minimum absolute atomic E-state index is 0.509. The molecule has 0 atom stereocenters. The van der Waals surface area contributed by atoms with E-state index in [-0.39, 0.29) is 0 Å². The molecule has 198 valence electrons. The van der Waals surface area contributed by atoms with Crippen LogP contribution in [0.5, 0.6) is 0 Å². The van der Waals surface area contributed by atoms with E-state index >= 15 is 0 Å². The number of allylic oxidation sites excluding steroid dienone is 8. The summed E-state index contributed by atoms with van der Waals surface area (Å²) >= 11 is 1.83. The number of benzene rings is 4. The molecule has 0 amide bonds. The van der Waals surface area contributed by atoms with Crippen molar-refractivity contribution in [2.24, 2.45) is 0 Å². The van der Waals surface area contributed by atoms with Gasteiger partial charge in [-0.15, -0.1) is 11.3 Å². The number of rotatable bonds is 2. The fraction of sp³-hybridized carbons (Fsp3) is 0. The number of nitrogens with zero attached hydrogens (tertiary/aromatic N) is 1. The highest BCUT2D eigenvalue weighted by Gasteiger charge is 2.20. The first-order valence-corrected chi connectivity index (χ1v) is 14.7. The lowest BCUT2D eigenvalue weighted by Crippen LogP contribution is -2.14. The summed E-state index contributed by atoms with van der Waals surface area (Å²) in [5, 5.41) is 17.7. The van der Waals surface area contributed by atoms with Crippen molar-refractivity contribution in [3.63, 3.8) is 0 Å². The molecule has 0 spiro atoms. The zero-order chi connectivity index (χ0) is 27.8. The molecule has 4 heterocycles. The molecule has 0 fully saturated rings. The molecule has 2 aliphatic rings. The van der Waals surface area contributed by atoms with Gasteiger partial charge in [0.25, 0.3) is 0 Å². The monoisotopic (exact) mass is 557 g/mol. The number of para-hydroxylation sites is 1. The van der Waals surface area contributed by atoms with Crippen LogP contribution < -0.4 is 5.32 Å². The Kier molecular flexibility index (Phi) is 4.89. The Morgan fingerprint density at radius 1 is 0.714 bits per heavy atom. The Morgan fingerprint density at radius 2 is 1.57 bits per heavy atom. The minimum Gasteiger partial charge on any atom is -0.456 e. The van der Waals surface area contributed by atoms with Gasteiger partial charge in [0.2, 0.25) is 0 Å². The summed E-state index contributed by atoms with van der Waals surface area (Å²) in [6.07, 6.45) is 13.9. The smallest absolute Gasteiger partial charge is 0.136 e. The van der Waals surface area contributed by atoms with Crippen LogP contribution in [0.4, 0.5) is 0 Å². The van der Waals surface area contributed by atoms with Crippen molar-refractivity contribution >= 4 is 75.8 Å². The van der Waals surface area contributed by atoms with Crippen LogP contribution in [-0.2, 0) is 0 Å². The highest BCUT2D eigenvalue weighted by atomic mass is 32.1. The molecule has 1 aliphatic carbocycles. The van der Waals surface area contributed by atoms with E-state index in [1.165, 1.54) is 31.2 Å². The van der Waals surface area contributed by atoms with Crippen molar-refractivity contribution in [1.82, 2.24) is 9.88 Å². The predicted molar refractivity (Wildman–Crippen MR) is 177 cm³/mol. The van der Waals surface area contributed by atoms with Gasteiger partial charge in [-0.3, -0.25) is 0 Å². The van der Waals surface area contributed by atoms with Gasteiger partial charge in [-0.1, -0.05) is 72.8 Å². The summed E-state index contributed by atoms with van der Waals surface area (Å²) in [7, 11) is 0. The zero-order valence-electron chi connectivity index (χ0n) is 22.4. The van der Waals surface area contributed by atoms with Gasteiger partial charge in [-0.05, 0) is 59.7 Å². The maximum atomic E-state index is 8.26. The molecule has 2 N–H and O–H groups in total. The fourth-order valence-corrected chi connectivity index (χ4v) is 7.53. The molecule has 4 aromatic carbocycles. The number of nitrogens with one attached hydrogen (secondary N) is 2. The van der Waals surface area contributed by atoms with Gasteiger partial charge in [-0.25, -0.2) is 0 Å². The Morgan fingerprint density at radius 3 is 2.45 bits per heavy atom. The maximum Gasteiger partial charge on any atom is 0.136 e. The van der Waals surface area contributed by atoms with Crippen LogP contribution in [0.3, 0.4) is 0 Å². The number of hydrogen-bond donors (Lipinski definition) is 2. The second-order valence-electron chi connectivity index (χ2n) is 10.7. The number of aromatic nitrogens is 1. The average Bonchev–Trinajstić information content (AvgIpc) is 3.68. The number of hydrogen-bond acceptors (Lipinski definition) is 4. The molecule has 0 bridgehead atoms. The highest BCUT2D eigenvalue weighted by Crippen LogP contribution is 2.44. The van der Waals surface area contributed by atoms with E-state index in [0.29, 0.717) is 5.71 Å². The predicted octanol–water partition coefficient (Wildman–Crippen LogP) is 9.80. The Bertz CT molecular complexity index is 2460. The third-order valence-corrected chi connectivity index (χ3v) is 9.41. The number of dihydropyridines is 1. The topological polar surface area (TPSA) is 54.0 Å². The third kappa shape index (κ3) is 3.38. The van der Waals surface area contributed by atoms with E-state index in [2.05, 4.69) is 94.8 Å². The van der Waals surface area contributed by atoms with Crippen LogP contribution in [0.2, 0.25) is 0 Å². The molecule has 4 nitrogen and oxygen atoms in total. The maximum absolute atomic E-state index is 8.26. The highest BCUT2D eigenvalue weighted by molar-refractivity contribution is 7.25. The van der Waals surface area contributed by atoms with Crippen LogP contribution in [0.25, 0.3) is 64.4 Å². The van der Waals surface area contributed by atoms with Gasteiger partial charge < -0.3 is 19.7 Å². The summed E-state index contributed by atoms with van der Waals surface area (Å²) < 4.78 is 10.0. The van der Waals surface area contributed by atoms with Gasteiger partial charge in [0.05, 0.1) is 11.2 Å². The van der Waals surface area contributed by atoms with Gasteiger partial charge in [0, 0.05) is 54.8 Å². The normalized spacial score (nSPS) is 16.9. The third-order valence-electron chi connectivity index (χ3n) is 8.25. The Labute approximate surface area is 245 Å². The SMILES string of the molecule is N=C1C=CC=C/C1=C1\C=CC(c2cccc(-n3c4cc5c(cc4c4c6ccccc6sc43)oc3ccccc35)c2)=CN1. The number of furan rings is 1. The molecular weight excluding hydrogens is 534 g/mol. The first kappa shape index (κ1) is 23.3. The zero-order valence-corrected chi connectivity index (χ0v) is 23.2. The summed E-state index contributed by atoms with van der Waals surface area (Å²) in [6, 6.07) is 30.2. The van der Waals surface area contributed by atoms with Crippen molar-refractivity contribution in [2.75, 3.05) is 0 Å². The Balaban J connectivity index is 1.25. The Hall–Kier alpha value is -5.39. The molecule has 5 heteroatoms. The van der Waals surface area contributed by atoms with E-state index in [4.69, 9.17) is 9.83 Å². The number of fused-ring (bicyclic) bond motifs is 8. The van der Waals surface area contributed by atoms with Gasteiger partial charge in [0.15, 0.2) is 0 Å². The molecule has 3 aromatic heterocycles. The lowest BCUT2D eigenvalue weighted by Gasteiger charge is -2.16. The largest absolute Gasteiger partial charge is 0.456 e. The van der Waals surface area contributed by atoms with Crippen molar-refractivity contribution in [3.8, 4) is 5.69 Å². The first-order valence-electron chi connectivity index (χ1n) is 13.9. The van der Waals surface area contributed by atoms with Crippen LogP contribution in [0.1, 0.15) is 5.56 Å². The lowest BCUT2D eigenvalue weighted by atomic mass is 9.99. The van der Waals surface area contributed by atoms with Crippen LogP contribution >= 0.6 is 11.3 Å². The van der Waals surface area contributed by atoms with Gasteiger partial charge in [-0.2, -0.15) is 0 Å².